The van der Waals surface area contributed by atoms with Crippen LogP contribution >= 0.6 is 15.9 Å². The quantitative estimate of drug-likeness (QED) is 0.385. The Morgan fingerprint density at radius 3 is 2.77 bits per heavy atom. The van der Waals surface area contributed by atoms with E-state index in [2.05, 4.69) is 26.6 Å². The predicted octanol–water partition coefficient (Wildman–Crippen LogP) is 0.472. The average Bonchev–Trinajstić information content (AvgIpc) is 3.27. The van der Waals surface area contributed by atoms with Crippen LogP contribution in [-0.2, 0) is 29.5 Å². The molecule has 10 heteroatoms. The van der Waals surface area contributed by atoms with E-state index < -0.39 is 29.3 Å². The Balaban J connectivity index is 1.77. The maximum absolute atomic E-state index is 13.4. The van der Waals surface area contributed by atoms with Gasteiger partial charge in [-0.05, 0) is 31.0 Å². The maximum atomic E-state index is 13.4. The molecule has 0 bridgehead atoms. The molecule has 4 unspecified atom stereocenters. The van der Waals surface area contributed by atoms with E-state index in [1.807, 2.05) is 0 Å². The van der Waals surface area contributed by atoms with E-state index in [1.165, 1.54) is 4.90 Å². The Morgan fingerprint density at radius 2 is 2.07 bits per heavy atom. The minimum absolute atomic E-state index is 0.0507. The van der Waals surface area contributed by atoms with Crippen molar-refractivity contribution in [3.05, 3.63) is 28.2 Å². The third-order valence-corrected chi connectivity index (χ3v) is 6.69. The van der Waals surface area contributed by atoms with Gasteiger partial charge >= 0.3 is 0 Å². The highest BCUT2D eigenvalue weighted by Crippen LogP contribution is 2.53. The van der Waals surface area contributed by atoms with E-state index in [9.17, 15) is 19.2 Å². The highest BCUT2D eigenvalue weighted by molar-refractivity contribution is 9.10. The Bertz CT molecular complexity index is 938. The first kappa shape index (κ1) is 21.0. The van der Waals surface area contributed by atoms with Crippen LogP contribution in [0, 0.1) is 11.8 Å². The summed E-state index contributed by atoms with van der Waals surface area (Å²) in [7, 11) is 1.55. The summed E-state index contributed by atoms with van der Waals surface area (Å²) in [6.07, 6.45) is 0.822. The SMILES string of the molecule is COCCCN1C(=O)C2C(CCC(N)=O)NC3(C(=O)Nc4ccc(Br)cc43)C2C1=O. The molecule has 30 heavy (non-hydrogen) atoms. The van der Waals surface area contributed by atoms with Gasteiger partial charge in [0.1, 0.15) is 5.54 Å². The highest BCUT2D eigenvalue weighted by atomic mass is 79.9. The summed E-state index contributed by atoms with van der Waals surface area (Å²) >= 11 is 3.43. The summed E-state index contributed by atoms with van der Waals surface area (Å²) in [5.74, 6) is -3.19. The van der Waals surface area contributed by atoms with Crippen molar-refractivity contribution in [3.8, 4) is 0 Å². The molecule has 3 aliphatic heterocycles. The number of fused-ring (bicyclic) bond motifs is 4. The van der Waals surface area contributed by atoms with Crippen LogP contribution in [0.2, 0.25) is 0 Å². The van der Waals surface area contributed by atoms with Gasteiger partial charge in [-0.25, -0.2) is 0 Å². The zero-order chi connectivity index (χ0) is 21.6. The summed E-state index contributed by atoms with van der Waals surface area (Å²) in [5.41, 5.74) is 5.18. The smallest absolute Gasteiger partial charge is 0.250 e. The zero-order valence-electron chi connectivity index (χ0n) is 16.4. The number of rotatable bonds is 7. The van der Waals surface area contributed by atoms with Gasteiger partial charge in [-0.15, -0.1) is 0 Å². The van der Waals surface area contributed by atoms with Crippen LogP contribution < -0.4 is 16.4 Å². The van der Waals surface area contributed by atoms with Gasteiger partial charge in [-0.1, -0.05) is 15.9 Å². The van der Waals surface area contributed by atoms with E-state index in [-0.39, 0.29) is 37.1 Å². The second-order valence-corrected chi connectivity index (χ2v) is 8.80. The molecule has 0 radical (unpaired) electrons. The van der Waals surface area contributed by atoms with Crippen molar-refractivity contribution in [3.63, 3.8) is 0 Å². The molecule has 2 saturated heterocycles. The van der Waals surface area contributed by atoms with Crippen LogP contribution in [0.15, 0.2) is 22.7 Å². The fourth-order valence-electron chi connectivity index (χ4n) is 4.97. The van der Waals surface area contributed by atoms with Crippen molar-refractivity contribution in [2.24, 2.45) is 17.6 Å². The number of halogens is 1. The van der Waals surface area contributed by atoms with E-state index in [0.717, 1.165) is 4.47 Å². The van der Waals surface area contributed by atoms with Crippen LogP contribution in [0.1, 0.15) is 24.8 Å². The molecule has 0 aromatic heterocycles. The van der Waals surface area contributed by atoms with Crippen molar-refractivity contribution in [1.29, 1.82) is 0 Å². The fraction of sp³-hybridized carbons (Fsp3) is 0.500. The van der Waals surface area contributed by atoms with E-state index >= 15 is 0 Å². The van der Waals surface area contributed by atoms with Gasteiger partial charge in [0, 0.05) is 48.4 Å². The van der Waals surface area contributed by atoms with Crippen LogP contribution in [0.4, 0.5) is 5.69 Å². The lowest BCUT2D eigenvalue weighted by molar-refractivity contribution is -0.143. The van der Waals surface area contributed by atoms with E-state index in [0.29, 0.717) is 24.3 Å². The molecule has 4 rings (SSSR count). The number of primary amides is 1. The molecule has 9 nitrogen and oxygen atoms in total. The number of ether oxygens (including phenoxy) is 1. The third kappa shape index (κ3) is 3.05. The molecule has 160 valence electrons. The lowest BCUT2D eigenvalue weighted by Crippen LogP contribution is -2.53. The standard InChI is InChI=1S/C20H23BrN4O5/c1-30-8-2-7-25-17(27)15-13(5-6-14(22)26)24-20(16(15)18(25)28)11-9-10(21)3-4-12(11)23-19(20)29/h3-4,9,13,15-16,24H,2,5-8H2,1H3,(H2,22,26)(H,23,29). The first-order chi connectivity index (χ1) is 14.3. The first-order valence-electron chi connectivity index (χ1n) is 9.83. The largest absolute Gasteiger partial charge is 0.385 e. The Kier molecular flexibility index (Phi) is 5.41. The van der Waals surface area contributed by atoms with E-state index in [1.54, 1.807) is 25.3 Å². The molecule has 1 spiro atoms. The van der Waals surface area contributed by atoms with Gasteiger partial charge in [0.05, 0.1) is 11.8 Å². The van der Waals surface area contributed by atoms with Crippen molar-refractivity contribution in [2.45, 2.75) is 30.8 Å². The van der Waals surface area contributed by atoms with Gasteiger partial charge < -0.3 is 15.8 Å². The number of methoxy groups -OCH3 is 1. The normalized spacial score (nSPS) is 29.5. The first-order valence-corrected chi connectivity index (χ1v) is 10.6. The van der Waals surface area contributed by atoms with Gasteiger partial charge in [0.15, 0.2) is 0 Å². The summed E-state index contributed by atoms with van der Waals surface area (Å²) in [4.78, 5) is 52.5. The van der Waals surface area contributed by atoms with Crippen molar-refractivity contribution in [1.82, 2.24) is 10.2 Å². The number of nitrogens with two attached hydrogens (primary N) is 1. The fourth-order valence-corrected chi connectivity index (χ4v) is 5.33. The molecule has 0 aliphatic carbocycles. The van der Waals surface area contributed by atoms with Crippen molar-refractivity contribution in [2.75, 3.05) is 25.6 Å². The molecular weight excluding hydrogens is 456 g/mol. The second kappa shape index (κ2) is 7.75. The number of carbonyl (C=O) groups excluding carboxylic acids is 4. The number of benzene rings is 1. The van der Waals surface area contributed by atoms with Crippen LogP contribution in [-0.4, -0.2) is 54.8 Å². The average molecular weight is 479 g/mol. The lowest BCUT2D eigenvalue weighted by Gasteiger charge is -2.29. The molecular formula is C20H23BrN4O5. The number of hydrogen-bond donors (Lipinski definition) is 3. The molecule has 3 heterocycles. The minimum Gasteiger partial charge on any atom is -0.385 e. The molecule has 4 amide bonds. The maximum Gasteiger partial charge on any atom is 0.250 e. The van der Waals surface area contributed by atoms with Crippen LogP contribution in [0.3, 0.4) is 0 Å². The highest BCUT2D eigenvalue weighted by Gasteiger charge is 2.70. The summed E-state index contributed by atoms with van der Waals surface area (Å²) in [5, 5.41) is 6.11. The molecule has 4 N–H and O–H groups in total. The second-order valence-electron chi connectivity index (χ2n) is 7.89. The summed E-state index contributed by atoms with van der Waals surface area (Å²) in [6.45, 7) is 0.640. The Hall–Kier alpha value is -2.30. The van der Waals surface area contributed by atoms with Crippen molar-refractivity contribution >= 4 is 45.2 Å². The molecule has 0 saturated carbocycles. The van der Waals surface area contributed by atoms with Crippen LogP contribution in [0.25, 0.3) is 0 Å². The number of imide groups is 1. The summed E-state index contributed by atoms with van der Waals surface area (Å²) < 4.78 is 5.79. The van der Waals surface area contributed by atoms with Gasteiger partial charge in [0.25, 0.3) is 0 Å². The topological polar surface area (TPSA) is 131 Å². The number of carbonyl (C=O) groups is 4. The monoisotopic (exact) mass is 478 g/mol. The van der Waals surface area contributed by atoms with Crippen molar-refractivity contribution < 1.29 is 23.9 Å². The minimum atomic E-state index is -1.37. The number of amides is 4. The molecule has 1 aromatic carbocycles. The number of anilines is 1. The number of likely N-dealkylation sites (tertiary alicyclic amines) is 1. The van der Waals surface area contributed by atoms with Gasteiger partial charge in [-0.2, -0.15) is 0 Å². The van der Waals surface area contributed by atoms with E-state index in [4.69, 9.17) is 10.5 Å². The molecule has 1 aromatic rings. The third-order valence-electron chi connectivity index (χ3n) is 6.20. The molecule has 4 atom stereocenters. The number of hydrogen-bond acceptors (Lipinski definition) is 6. The van der Waals surface area contributed by atoms with Gasteiger partial charge in [0.2, 0.25) is 23.6 Å². The summed E-state index contributed by atoms with van der Waals surface area (Å²) in [6, 6.07) is 4.83. The molecule has 2 fully saturated rings. The lowest BCUT2D eigenvalue weighted by atomic mass is 9.76. The number of nitrogens with zero attached hydrogens (tertiary/aromatic N) is 1. The van der Waals surface area contributed by atoms with Crippen LogP contribution in [0.5, 0.6) is 0 Å². The Morgan fingerprint density at radius 1 is 1.30 bits per heavy atom. The molecule has 3 aliphatic rings. The number of nitrogens with one attached hydrogen (secondary N) is 2. The predicted molar refractivity (Wildman–Crippen MR) is 110 cm³/mol. The Labute approximate surface area is 181 Å². The van der Waals surface area contributed by atoms with Gasteiger partial charge in [-0.3, -0.25) is 29.4 Å². The zero-order valence-corrected chi connectivity index (χ0v) is 18.0.